The fourth-order valence-corrected chi connectivity index (χ4v) is 2.45. The molecule has 18 heavy (non-hydrogen) atoms. The number of nitriles is 1. The molecule has 4 heteroatoms. The average molecular weight is 248 g/mol. The second-order valence-electron chi connectivity index (χ2n) is 4.75. The van der Waals surface area contributed by atoms with E-state index in [1.165, 1.54) is 7.11 Å². The molecule has 1 N–H and O–H groups in total. The standard InChI is InChI=1S/C14H17FN2O/c1-18-12-4-2-3-11(13(12)15)9-14(10-16)5-7-17-8-6-14/h2-4,17H,5-9H2,1H3. The smallest absolute Gasteiger partial charge is 0.168 e. The van der Waals surface area contributed by atoms with Crippen molar-refractivity contribution in [2.75, 3.05) is 20.2 Å². The zero-order valence-corrected chi connectivity index (χ0v) is 10.5. The molecule has 1 heterocycles. The van der Waals surface area contributed by atoms with Crippen LogP contribution in [0, 0.1) is 22.6 Å². The molecule has 0 unspecified atom stereocenters. The summed E-state index contributed by atoms with van der Waals surface area (Å²) < 4.78 is 19.1. The summed E-state index contributed by atoms with van der Waals surface area (Å²) >= 11 is 0. The van der Waals surface area contributed by atoms with Crippen molar-refractivity contribution in [3.05, 3.63) is 29.6 Å². The highest BCUT2D eigenvalue weighted by Gasteiger charge is 2.33. The highest BCUT2D eigenvalue weighted by Crippen LogP contribution is 2.34. The molecule has 0 aromatic heterocycles. The molecular formula is C14H17FN2O. The molecule has 0 amide bonds. The van der Waals surface area contributed by atoms with Crippen LogP contribution in [-0.2, 0) is 6.42 Å². The molecule has 0 bridgehead atoms. The van der Waals surface area contributed by atoms with Gasteiger partial charge in [-0.2, -0.15) is 5.26 Å². The Balaban J connectivity index is 2.25. The fraction of sp³-hybridized carbons (Fsp3) is 0.500. The molecule has 1 aliphatic heterocycles. The molecule has 1 aliphatic rings. The number of ether oxygens (including phenoxy) is 1. The van der Waals surface area contributed by atoms with Gasteiger partial charge in [-0.1, -0.05) is 12.1 Å². The maximum absolute atomic E-state index is 14.1. The van der Waals surface area contributed by atoms with Crippen LogP contribution in [0.1, 0.15) is 18.4 Å². The Morgan fingerprint density at radius 1 is 1.44 bits per heavy atom. The van der Waals surface area contributed by atoms with Gasteiger partial charge < -0.3 is 10.1 Å². The largest absolute Gasteiger partial charge is 0.494 e. The Labute approximate surface area is 107 Å². The van der Waals surface area contributed by atoms with E-state index in [9.17, 15) is 9.65 Å². The van der Waals surface area contributed by atoms with E-state index in [2.05, 4.69) is 11.4 Å². The summed E-state index contributed by atoms with van der Waals surface area (Å²) in [5.74, 6) is -0.0947. The quantitative estimate of drug-likeness (QED) is 0.892. The van der Waals surface area contributed by atoms with E-state index in [1.807, 2.05) is 0 Å². The van der Waals surface area contributed by atoms with Crippen LogP contribution >= 0.6 is 0 Å². The molecule has 1 aromatic carbocycles. The number of hydrogen-bond donors (Lipinski definition) is 1. The van der Waals surface area contributed by atoms with Gasteiger partial charge in [-0.15, -0.1) is 0 Å². The molecule has 1 aromatic rings. The van der Waals surface area contributed by atoms with Gasteiger partial charge in [-0.3, -0.25) is 0 Å². The number of rotatable bonds is 3. The third-order valence-corrected chi connectivity index (χ3v) is 3.59. The lowest BCUT2D eigenvalue weighted by Gasteiger charge is -2.31. The Morgan fingerprint density at radius 3 is 2.78 bits per heavy atom. The normalized spacial score (nSPS) is 18.1. The van der Waals surface area contributed by atoms with Gasteiger partial charge in [0.25, 0.3) is 0 Å². The highest BCUT2D eigenvalue weighted by molar-refractivity contribution is 5.32. The van der Waals surface area contributed by atoms with Gasteiger partial charge in [0.2, 0.25) is 0 Å². The van der Waals surface area contributed by atoms with Crippen LogP contribution in [0.2, 0.25) is 0 Å². The van der Waals surface area contributed by atoms with Crippen LogP contribution in [-0.4, -0.2) is 20.2 Å². The van der Waals surface area contributed by atoms with Crippen molar-refractivity contribution in [3.8, 4) is 11.8 Å². The minimum absolute atomic E-state index is 0.245. The summed E-state index contributed by atoms with van der Waals surface area (Å²) in [6.07, 6.45) is 1.98. The van der Waals surface area contributed by atoms with E-state index < -0.39 is 5.41 Å². The van der Waals surface area contributed by atoms with Gasteiger partial charge in [-0.25, -0.2) is 4.39 Å². The Morgan fingerprint density at radius 2 is 2.17 bits per heavy atom. The van der Waals surface area contributed by atoms with Crippen molar-refractivity contribution in [2.24, 2.45) is 5.41 Å². The van der Waals surface area contributed by atoms with Crippen molar-refractivity contribution in [1.82, 2.24) is 5.32 Å². The number of hydrogen-bond acceptors (Lipinski definition) is 3. The third kappa shape index (κ3) is 2.46. The van der Waals surface area contributed by atoms with Gasteiger partial charge in [-0.05, 0) is 44.0 Å². The lowest BCUT2D eigenvalue weighted by atomic mass is 9.75. The van der Waals surface area contributed by atoms with Gasteiger partial charge in [0.1, 0.15) is 0 Å². The maximum atomic E-state index is 14.1. The van der Waals surface area contributed by atoms with E-state index in [0.29, 0.717) is 12.0 Å². The van der Waals surface area contributed by atoms with E-state index in [0.717, 1.165) is 25.9 Å². The minimum Gasteiger partial charge on any atom is -0.494 e. The van der Waals surface area contributed by atoms with Crippen LogP contribution in [0.4, 0.5) is 4.39 Å². The molecule has 0 radical (unpaired) electrons. The van der Waals surface area contributed by atoms with Crippen molar-refractivity contribution in [3.63, 3.8) is 0 Å². The monoisotopic (exact) mass is 248 g/mol. The highest BCUT2D eigenvalue weighted by atomic mass is 19.1. The molecule has 0 aliphatic carbocycles. The number of piperidine rings is 1. The van der Waals surface area contributed by atoms with Crippen molar-refractivity contribution < 1.29 is 9.13 Å². The van der Waals surface area contributed by atoms with Crippen molar-refractivity contribution in [2.45, 2.75) is 19.3 Å². The third-order valence-electron chi connectivity index (χ3n) is 3.59. The lowest BCUT2D eigenvalue weighted by molar-refractivity contribution is 0.276. The first-order valence-corrected chi connectivity index (χ1v) is 6.14. The van der Waals surface area contributed by atoms with Gasteiger partial charge in [0.05, 0.1) is 18.6 Å². The molecule has 0 spiro atoms. The Hall–Kier alpha value is -1.60. The van der Waals surface area contributed by atoms with Crippen molar-refractivity contribution in [1.29, 1.82) is 5.26 Å². The number of nitrogens with zero attached hydrogens (tertiary/aromatic N) is 1. The zero-order chi connectivity index (χ0) is 13.0. The van der Waals surface area contributed by atoms with Crippen LogP contribution in [0.15, 0.2) is 18.2 Å². The first kappa shape index (κ1) is 12.8. The molecular weight excluding hydrogens is 231 g/mol. The number of nitrogens with one attached hydrogen (secondary N) is 1. The molecule has 96 valence electrons. The van der Waals surface area contributed by atoms with E-state index >= 15 is 0 Å². The molecule has 1 saturated heterocycles. The first-order chi connectivity index (χ1) is 8.71. The van der Waals surface area contributed by atoms with Crippen LogP contribution in [0.5, 0.6) is 5.75 Å². The predicted octanol–water partition coefficient (Wildman–Crippen LogP) is 2.27. The molecule has 1 fully saturated rings. The number of benzene rings is 1. The maximum Gasteiger partial charge on any atom is 0.168 e. The van der Waals surface area contributed by atoms with E-state index in [4.69, 9.17) is 4.74 Å². The van der Waals surface area contributed by atoms with Crippen LogP contribution in [0.3, 0.4) is 0 Å². The minimum atomic E-state index is -0.446. The van der Waals surface area contributed by atoms with Gasteiger partial charge in [0, 0.05) is 0 Å². The SMILES string of the molecule is COc1cccc(CC2(C#N)CCNCC2)c1F. The second kappa shape index (κ2) is 5.36. The zero-order valence-electron chi connectivity index (χ0n) is 10.5. The summed E-state index contributed by atoms with van der Waals surface area (Å²) in [6.45, 7) is 1.64. The summed E-state index contributed by atoms with van der Waals surface area (Å²) in [5, 5.41) is 12.6. The molecule has 0 saturated carbocycles. The summed E-state index contributed by atoms with van der Waals surface area (Å²) in [4.78, 5) is 0. The number of halogens is 1. The van der Waals surface area contributed by atoms with Crippen LogP contribution < -0.4 is 10.1 Å². The summed E-state index contributed by atoms with van der Waals surface area (Å²) in [7, 11) is 1.45. The predicted molar refractivity (Wildman–Crippen MR) is 66.8 cm³/mol. The average Bonchev–Trinajstić information content (AvgIpc) is 2.42. The number of methoxy groups -OCH3 is 1. The summed E-state index contributed by atoms with van der Waals surface area (Å²) in [6, 6.07) is 7.48. The van der Waals surface area contributed by atoms with E-state index in [-0.39, 0.29) is 11.6 Å². The molecule has 0 atom stereocenters. The van der Waals surface area contributed by atoms with Gasteiger partial charge in [0.15, 0.2) is 11.6 Å². The lowest BCUT2D eigenvalue weighted by Crippen LogP contribution is -2.37. The molecule has 3 nitrogen and oxygen atoms in total. The Kier molecular flexibility index (Phi) is 3.83. The Bertz CT molecular complexity index is 461. The topological polar surface area (TPSA) is 45.0 Å². The van der Waals surface area contributed by atoms with E-state index in [1.54, 1.807) is 18.2 Å². The summed E-state index contributed by atoms with van der Waals surface area (Å²) in [5.41, 5.74) is 0.121. The molecule has 2 rings (SSSR count). The second-order valence-corrected chi connectivity index (χ2v) is 4.75. The van der Waals surface area contributed by atoms with Gasteiger partial charge >= 0.3 is 0 Å². The van der Waals surface area contributed by atoms with Crippen molar-refractivity contribution >= 4 is 0 Å². The first-order valence-electron chi connectivity index (χ1n) is 6.14. The fourth-order valence-electron chi connectivity index (χ4n) is 2.45. The van der Waals surface area contributed by atoms with Crippen LogP contribution in [0.25, 0.3) is 0 Å².